The number of H-pyrrole nitrogens is 1. The minimum absolute atomic E-state index is 0.133. The molecule has 0 bridgehead atoms. The second kappa shape index (κ2) is 6.17. The van der Waals surface area contributed by atoms with E-state index < -0.39 is 10.0 Å². The smallest absolute Gasteiger partial charge is 0.272 e. The number of carbonyl (C=O) groups is 1. The molecule has 2 heterocycles. The Labute approximate surface area is 135 Å². The summed E-state index contributed by atoms with van der Waals surface area (Å²) < 4.78 is 26.3. The lowest BCUT2D eigenvalue weighted by Crippen LogP contribution is -2.27. The van der Waals surface area contributed by atoms with E-state index in [1.165, 1.54) is 16.6 Å². The third-order valence-corrected chi connectivity index (χ3v) is 5.79. The van der Waals surface area contributed by atoms with Crippen LogP contribution in [0.25, 0.3) is 0 Å². The van der Waals surface area contributed by atoms with E-state index in [1.54, 1.807) is 12.1 Å². The lowest BCUT2D eigenvalue weighted by atomic mass is 10.2. The minimum Gasteiger partial charge on any atom is -0.356 e. The first-order chi connectivity index (χ1) is 11.0. The van der Waals surface area contributed by atoms with E-state index in [0.29, 0.717) is 18.8 Å². The van der Waals surface area contributed by atoms with Gasteiger partial charge in [0.05, 0.1) is 0 Å². The van der Waals surface area contributed by atoms with Crippen molar-refractivity contribution < 1.29 is 13.2 Å². The molecule has 2 aromatic rings. The van der Waals surface area contributed by atoms with Crippen LogP contribution in [-0.4, -0.2) is 36.7 Å². The number of sulfonamides is 1. The highest BCUT2D eigenvalue weighted by molar-refractivity contribution is 7.89. The maximum atomic E-state index is 12.4. The van der Waals surface area contributed by atoms with Crippen molar-refractivity contribution in [3.05, 3.63) is 47.8 Å². The summed E-state index contributed by atoms with van der Waals surface area (Å²) >= 11 is 0. The van der Waals surface area contributed by atoms with Crippen LogP contribution in [0.3, 0.4) is 0 Å². The maximum Gasteiger partial charge on any atom is 0.272 e. The number of carbonyl (C=O) groups excluding carboxylic acids is 1. The molecular weight excluding hydrogens is 314 g/mol. The van der Waals surface area contributed by atoms with Gasteiger partial charge in [-0.15, -0.1) is 0 Å². The Bertz CT molecular complexity index is 803. The number of hydrogen-bond donors (Lipinski definition) is 2. The number of anilines is 1. The van der Waals surface area contributed by atoms with Gasteiger partial charge in [-0.05, 0) is 38.0 Å². The summed E-state index contributed by atoms with van der Waals surface area (Å²) in [6.07, 6.45) is 3.13. The van der Waals surface area contributed by atoms with Gasteiger partial charge in [0.15, 0.2) is 0 Å². The Morgan fingerprint density at radius 3 is 2.48 bits per heavy atom. The van der Waals surface area contributed by atoms with Crippen molar-refractivity contribution in [1.29, 1.82) is 0 Å². The van der Waals surface area contributed by atoms with Crippen LogP contribution in [0.2, 0.25) is 0 Å². The highest BCUT2D eigenvalue weighted by Gasteiger charge is 2.28. The van der Waals surface area contributed by atoms with Crippen molar-refractivity contribution in [2.24, 2.45) is 0 Å². The van der Waals surface area contributed by atoms with Gasteiger partial charge in [0.1, 0.15) is 10.6 Å². The Hall–Kier alpha value is -2.12. The summed E-state index contributed by atoms with van der Waals surface area (Å²) in [5, 5.41) is 2.74. The average molecular weight is 333 g/mol. The van der Waals surface area contributed by atoms with E-state index >= 15 is 0 Å². The number of aryl methyl sites for hydroxylation is 1. The fourth-order valence-corrected chi connectivity index (χ4v) is 4.08. The van der Waals surface area contributed by atoms with Gasteiger partial charge in [0.25, 0.3) is 5.91 Å². The molecule has 0 saturated carbocycles. The topological polar surface area (TPSA) is 82.3 Å². The zero-order valence-corrected chi connectivity index (χ0v) is 13.7. The number of nitrogens with zero attached hydrogens (tertiary/aromatic N) is 1. The first-order valence-electron chi connectivity index (χ1n) is 7.53. The predicted octanol–water partition coefficient (Wildman–Crippen LogP) is 2.36. The SMILES string of the molecule is Cc1ccc(NC(=O)c2cc(S(=O)(=O)N3CCCC3)c[nH]2)cc1. The van der Waals surface area contributed by atoms with Gasteiger partial charge in [0, 0.05) is 25.0 Å². The Balaban J connectivity index is 1.76. The quantitative estimate of drug-likeness (QED) is 0.901. The molecule has 122 valence electrons. The molecule has 0 aliphatic carbocycles. The molecule has 1 aliphatic rings. The van der Waals surface area contributed by atoms with E-state index in [-0.39, 0.29) is 16.5 Å². The molecule has 0 atom stereocenters. The van der Waals surface area contributed by atoms with Gasteiger partial charge in [-0.25, -0.2) is 8.42 Å². The zero-order valence-electron chi connectivity index (χ0n) is 12.9. The predicted molar refractivity (Wildman–Crippen MR) is 87.9 cm³/mol. The largest absolute Gasteiger partial charge is 0.356 e. The van der Waals surface area contributed by atoms with Crippen molar-refractivity contribution in [3.63, 3.8) is 0 Å². The lowest BCUT2D eigenvalue weighted by molar-refractivity contribution is 0.102. The zero-order chi connectivity index (χ0) is 16.4. The molecule has 2 N–H and O–H groups in total. The van der Waals surface area contributed by atoms with E-state index in [9.17, 15) is 13.2 Å². The third kappa shape index (κ3) is 3.30. The second-order valence-corrected chi connectivity index (χ2v) is 7.62. The number of aromatic amines is 1. The summed E-state index contributed by atoms with van der Waals surface area (Å²) in [6, 6.07) is 8.79. The highest BCUT2D eigenvalue weighted by Crippen LogP contribution is 2.21. The third-order valence-electron chi connectivity index (χ3n) is 3.91. The standard InChI is InChI=1S/C16H19N3O3S/c1-12-4-6-13(7-5-12)18-16(20)15-10-14(11-17-15)23(21,22)19-8-2-3-9-19/h4-7,10-11,17H,2-3,8-9H2,1H3,(H,18,20). The minimum atomic E-state index is -3.51. The molecule has 1 amide bonds. The van der Waals surface area contributed by atoms with Crippen LogP contribution in [0.4, 0.5) is 5.69 Å². The summed E-state index contributed by atoms with van der Waals surface area (Å²) in [5.41, 5.74) is 1.99. The second-order valence-electron chi connectivity index (χ2n) is 5.68. The van der Waals surface area contributed by atoms with Crippen molar-refractivity contribution in [1.82, 2.24) is 9.29 Å². The number of aromatic nitrogens is 1. The molecule has 0 unspecified atom stereocenters. The number of hydrogen-bond acceptors (Lipinski definition) is 3. The molecule has 1 aliphatic heterocycles. The molecule has 1 aromatic heterocycles. The molecule has 1 aromatic carbocycles. The van der Waals surface area contributed by atoms with Crippen LogP contribution < -0.4 is 5.32 Å². The summed E-state index contributed by atoms with van der Waals surface area (Å²) in [5.74, 6) is -0.364. The van der Waals surface area contributed by atoms with Crippen molar-refractivity contribution >= 4 is 21.6 Å². The van der Waals surface area contributed by atoms with Crippen LogP contribution in [0.15, 0.2) is 41.4 Å². The van der Waals surface area contributed by atoms with Crippen LogP contribution in [0.1, 0.15) is 28.9 Å². The summed E-state index contributed by atoms with van der Waals surface area (Å²) in [6.45, 7) is 3.04. The number of rotatable bonds is 4. The number of benzene rings is 1. The fourth-order valence-electron chi connectivity index (χ4n) is 2.57. The molecule has 3 rings (SSSR count). The first-order valence-corrected chi connectivity index (χ1v) is 8.97. The van der Waals surface area contributed by atoms with Crippen LogP contribution in [0, 0.1) is 6.92 Å². The highest BCUT2D eigenvalue weighted by atomic mass is 32.2. The van der Waals surface area contributed by atoms with Gasteiger partial charge >= 0.3 is 0 Å². The summed E-state index contributed by atoms with van der Waals surface area (Å²) in [4.78, 5) is 15.1. The molecule has 1 saturated heterocycles. The van der Waals surface area contributed by atoms with Crippen molar-refractivity contribution in [2.45, 2.75) is 24.7 Å². The van der Waals surface area contributed by atoms with Gasteiger partial charge < -0.3 is 10.3 Å². The average Bonchev–Trinajstić information content (AvgIpc) is 3.21. The van der Waals surface area contributed by atoms with Crippen LogP contribution in [0.5, 0.6) is 0 Å². The van der Waals surface area contributed by atoms with Crippen molar-refractivity contribution in [2.75, 3.05) is 18.4 Å². The Morgan fingerprint density at radius 2 is 1.83 bits per heavy atom. The van der Waals surface area contributed by atoms with Gasteiger partial charge in [0.2, 0.25) is 10.0 Å². The van der Waals surface area contributed by atoms with Gasteiger partial charge in [-0.2, -0.15) is 4.31 Å². The molecule has 0 radical (unpaired) electrons. The fraction of sp³-hybridized carbons (Fsp3) is 0.312. The maximum absolute atomic E-state index is 12.4. The van der Waals surface area contributed by atoms with Crippen LogP contribution in [-0.2, 0) is 10.0 Å². The molecule has 7 heteroatoms. The molecular formula is C16H19N3O3S. The molecule has 6 nitrogen and oxygen atoms in total. The van der Waals surface area contributed by atoms with E-state index in [4.69, 9.17) is 0 Å². The monoisotopic (exact) mass is 333 g/mol. The summed E-state index contributed by atoms with van der Waals surface area (Å²) in [7, 11) is -3.51. The van der Waals surface area contributed by atoms with Crippen molar-refractivity contribution in [3.8, 4) is 0 Å². The van der Waals surface area contributed by atoms with E-state index in [0.717, 1.165) is 18.4 Å². The van der Waals surface area contributed by atoms with E-state index in [2.05, 4.69) is 10.3 Å². The number of amides is 1. The van der Waals surface area contributed by atoms with E-state index in [1.807, 2.05) is 19.1 Å². The number of nitrogens with one attached hydrogen (secondary N) is 2. The molecule has 23 heavy (non-hydrogen) atoms. The molecule has 0 spiro atoms. The Kier molecular flexibility index (Phi) is 4.23. The van der Waals surface area contributed by atoms with Gasteiger partial charge in [-0.3, -0.25) is 4.79 Å². The first kappa shape index (κ1) is 15.8. The Morgan fingerprint density at radius 1 is 1.17 bits per heavy atom. The van der Waals surface area contributed by atoms with Crippen LogP contribution >= 0.6 is 0 Å². The normalized spacial score (nSPS) is 15.7. The van der Waals surface area contributed by atoms with Gasteiger partial charge in [-0.1, -0.05) is 17.7 Å². The molecule has 1 fully saturated rings. The lowest BCUT2D eigenvalue weighted by Gasteiger charge is -2.13.